The summed E-state index contributed by atoms with van der Waals surface area (Å²) in [5.74, 6) is 0. The van der Waals surface area contributed by atoms with Gasteiger partial charge in [0.25, 0.3) is 7.52 Å². The van der Waals surface area contributed by atoms with E-state index in [0.29, 0.717) is 6.42 Å². The smallest absolute Gasteiger partial charge is 0.267 e. The van der Waals surface area contributed by atoms with Crippen molar-refractivity contribution in [2.75, 3.05) is 13.2 Å². The highest BCUT2D eigenvalue weighted by Crippen LogP contribution is 2.35. The first-order chi connectivity index (χ1) is 12.0. The maximum absolute atomic E-state index is 11.6. The molecular weight excluding hydrogens is 331 g/mol. The van der Waals surface area contributed by atoms with E-state index in [9.17, 15) is 9.46 Å². The average Bonchev–Trinajstić information content (AvgIpc) is 2.61. The van der Waals surface area contributed by atoms with Gasteiger partial charge in [-0.3, -0.25) is 4.57 Å². The van der Waals surface area contributed by atoms with Crippen molar-refractivity contribution in [3.05, 3.63) is 35.4 Å². The second-order valence-electron chi connectivity index (χ2n) is 7.09. The molecule has 0 aliphatic rings. The number of nitrogens with one attached hydrogen (secondary N) is 1. The molecule has 2 unspecified atom stereocenters. The van der Waals surface area contributed by atoms with Crippen LogP contribution in [0.25, 0.3) is 0 Å². The third-order valence-corrected chi connectivity index (χ3v) is 6.31. The SMILES string of the molecule is CCCCCCCCCc1ccc(CC(N)CCP(=O)(O)NC)cc1. The summed E-state index contributed by atoms with van der Waals surface area (Å²) in [7, 11) is -1.68. The van der Waals surface area contributed by atoms with E-state index < -0.39 is 7.52 Å². The standard InChI is InChI=1S/C20H37N2O2P/c1-3-4-5-6-7-8-9-10-18-11-13-19(14-12-18)17-20(21)15-16-25(23,24)22-2/h11-14,20H,3-10,15-17,21H2,1-2H3,(H2,22,23,24). The van der Waals surface area contributed by atoms with Gasteiger partial charge in [-0.2, -0.15) is 0 Å². The molecule has 0 radical (unpaired) electrons. The lowest BCUT2D eigenvalue weighted by molar-refractivity contribution is 0.462. The minimum absolute atomic E-state index is 0.0807. The summed E-state index contributed by atoms with van der Waals surface area (Å²) in [6.45, 7) is 2.25. The summed E-state index contributed by atoms with van der Waals surface area (Å²) < 4.78 is 11.6. The van der Waals surface area contributed by atoms with Crippen molar-refractivity contribution in [1.29, 1.82) is 0 Å². The zero-order valence-corrected chi connectivity index (χ0v) is 16.9. The Balaban J connectivity index is 2.23. The largest absolute Gasteiger partial charge is 0.333 e. The Morgan fingerprint density at radius 3 is 2.20 bits per heavy atom. The van der Waals surface area contributed by atoms with E-state index in [1.54, 1.807) is 0 Å². The molecule has 0 heterocycles. The first kappa shape index (κ1) is 22.4. The summed E-state index contributed by atoms with van der Waals surface area (Å²) in [6, 6.07) is 8.61. The van der Waals surface area contributed by atoms with Crippen molar-refractivity contribution >= 4 is 7.52 Å². The zero-order chi connectivity index (χ0) is 18.5. The maximum Gasteiger partial charge on any atom is 0.267 e. The molecule has 2 atom stereocenters. The number of nitrogens with two attached hydrogens (primary N) is 1. The molecule has 0 saturated carbocycles. The fourth-order valence-corrected chi connectivity index (χ4v) is 3.89. The van der Waals surface area contributed by atoms with Crippen LogP contribution in [-0.4, -0.2) is 24.1 Å². The maximum atomic E-state index is 11.6. The van der Waals surface area contributed by atoms with Gasteiger partial charge in [-0.1, -0.05) is 69.7 Å². The zero-order valence-electron chi connectivity index (χ0n) is 16.0. The van der Waals surface area contributed by atoms with Crippen LogP contribution in [0.15, 0.2) is 24.3 Å². The molecule has 0 spiro atoms. The molecule has 4 N–H and O–H groups in total. The van der Waals surface area contributed by atoms with Crippen LogP contribution in [0.1, 0.15) is 69.4 Å². The van der Waals surface area contributed by atoms with Crippen molar-refractivity contribution in [3.8, 4) is 0 Å². The highest BCUT2D eigenvalue weighted by atomic mass is 31.2. The van der Waals surface area contributed by atoms with Gasteiger partial charge in [-0.15, -0.1) is 0 Å². The second-order valence-corrected chi connectivity index (χ2v) is 9.39. The number of hydrogen-bond acceptors (Lipinski definition) is 2. The molecule has 0 fully saturated rings. The predicted octanol–water partition coefficient (Wildman–Crippen LogP) is 4.64. The molecule has 1 aromatic rings. The van der Waals surface area contributed by atoms with Gasteiger partial charge in [0.1, 0.15) is 0 Å². The Bertz CT molecular complexity index is 505. The minimum Gasteiger partial charge on any atom is -0.333 e. The van der Waals surface area contributed by atoms with Crippen LogP contribution < -0.4 is 10.8 Å². The van der Waals surface area contributed by atoms with Crippen molar-refractivity contribution in [2.45, 2.75) is 77.2 Å². The Morgan fingerprint density at radius 1 is 1.04 bits per heavy atom. The van der Waals surface area contributed by atoms with E-state index in [1.165, 1.54) is 63.1 Å². The first-order valence-corrected chi connectivity index (χ1v) is 11.7. The summed E-state index contributed by atoms with van der Waals surface area (Å²) in [4.78, 5) is 9.53. The fourth-order valence-electron chi connectivity index (χ4n) is 2.99. The topological polar surface area (TPSA) is 75.4 Å². The Hall–Kier alpha value is -0.670. The number of aryl methyl sites for hydroxylation is 1. The van der Waals surface area contributed by atoms with Gasteiger partial charge in [-0.05, 0) is 43.9 Å². The first-order valence-electron chi connectivity index (χ1n) is 9.81. The molecule has 25 heavy (non-hydrogen) atoms. The van der Waals surface area contributed by atoms with E-state index in [1.807, 2.05) is 0 Å². The fraction of sp³-hybridized carbons (Fsp3) is 0.700. The van der Waals surface area contributed by atoms with Crippen LogP contribution >= 0.6 is 7.52 Å². The van der Waals surface area contributed by atoms with Crippen LogP contribution in [0.3, 0.4) is 0 Å². The molecule has 5 heteroatoms. The lowest BCUT2D eigenvalue weighted by Crippen LogP contribution is -2.25. The summed E-state index contributed by atoms with van der Waals surface area (Å²) in [6.07, 6.45) is 12.1. The van der Waals surface area contributed by atoms with E-state index in [2.05, 4.69) is 36.3 Å². The minimum atomic E-state index is -3.19. The van der Waals surface area contributed by atoms with Crippen molar-refractivity contribution in [1.82, 2.24) is 5.09 Å². The normalized spacial score (nSPS) is 15.0. The molecule has 0 saturated heterocycles. The summed E-state index contributed by atoms with van der Waals surface area (Å²) in [5.41, 5.74) is 8.69. The van der Waals surface area contributed by atoms with E-state index in [4.69, 9.17) is 5.73 Å². The molecule has 0 amide bonds. The molecule has 0 aromatic heterocycles. The second kappa shape index (κ2) is 12.6. The van der Waals surface area contributed by atoms with Crippen LogP contribution in [0.4, 0.5) is 0 Å². The van der Waals surface area contributed by atoms with Crippen LogP contribution in [0.5, 0.6) is 0 Å². The Labute approximate surface area is 154 Å². The predicted molar refractivity (Wildman–Crippen MR) is 108 cm³/mol. The van der Waals surface area contributed by atoms with Crippen molar-refractivity contribution in [3.63, 3.8) is 0 Å². The molecule has 1 rings (SSSR count). The molecule has 1 aromatic carbocycles. The van der Waals surface area contributed by atoms with Gasteiger partial charge in [0.15, 0.2) is 0 Å². The lowest BCUT2D eigenvalue weighted by atomic mass is 10.0. The Kier molecular flexibility index (Phi) is 11.3. The van der Waals surface area contributed by atoms with Crippen LogP contribution in [0.2, 0.25) is 0 Å². The monoisotopic (exact) mass is 368 g/mol. The molecule has 4 nitrogen and oxygen atoms in total. The highest BCUT2D eigenvalue weighted by Gasteiger charge is 2.16. The quantitative estimate of drug-likeness (QED) is 0.330. The molecule has 144 valence electrons. The van der Waals surface area contributed by atoms with Gasteiger partial charge in [0.2, 0.25) is 0 Å². The lowest BCUT2D eigenvalue weighted by Gasteiger charge is -2.15. The van der Waals surface area contributed by atoms with Gasteiger partial charge in [0, 0.05) is 12.2 Å². The van der Waals surface area contributed by atoms with Crippen LogP contribution in [0, 0.1) is 0 Å². The third-order valence-electron chi connectivity index (χ3n) is 4.74. The van der Waals surface area contributed by atoms with Gasteiger partial charge < -0.3 is 10.6 Å². The van der Waals surface area contributed by atoms with Gasteiger partial charge in [-0.25, -0.2) is 5.09 Å². The van der Waals surface area contributed by atoms with Crippen LogP contribution in [-0.2, 0) is 17.4 Å². The molecule has 0 aliphatic heterocycles. The third kappa shape index (κ3) is 10.8. The number of rotatable bonds is 14. The average molecular weight is 369 g/mol. The molecule has 0 bridgehead atoms. The number of hydrogen-bond donors (Lipinski definition) is 3. The molecule has 0 aliphatic carbocycles. The van der Waals surface area contributed by atoms with E-state index in [-0.39, 0.29) is 12.2 Å². The van der Waals surface area contributed by atoms with E-state index in [0.717, 1.165) is 12.8 Å². The van der Waals surface area contributed by atoms with E-state index >= 15 is 0 Å². The summed E-state index contributed by atoms with van der Waals surface area (Å²) in [5, 5.41) is 2.46. The molecular formula is C20H37N2O2P. The van der Waals surface area contributed by atoms with Crippen molar-refractivity contribution < 1.29 is 9.46 Å². The van der Waals surface area contributed by atoms with Gasteiger partial charge >= 0.3 is 0 Å². The number of unbranched alkanes of at least 4 members (excludes halogenated alkanes) is 6. The number of benzene rings is 1. The highest BCUT2D eigenvalue weighted by molar-refractivity contribution is 7.55. The van der Waals surface area contributed by atoms with Gasteiger partial charge in [0.05, 0.1) is 0 Å². The summed E-state index contributed by atoms with van der Waals surface area (Å²) >= 11 is 0. The van der Waals surface area contributed by atoms with Crippen molar-refractivity contribution in [2.24, 2.45) is 5.73 Å². The Morgan fingerprint density at radius 2 is 1.60 bits per heavy atom.